The number of hydrogen-bond donors (Lipinski definition) is 0. The Morgan fingerprint density at radius 3 is 2.04 bits per heavy atom. The maximum absolute atomic E-state index is 12.9. The standard InChI is InChI=1S/C52H26O2/c1-54-31(53)8-5-19-50(20-6-3-2-4-7-20)51-29-17-18-30-28-16-14-26-24-12-10-22-21-9-11-23-25-13-15-27(29)38-36(25)41-34(23)32(21)40-33(22)35(24)42-37(26)39(28)49(52(30,50)51)47-45(42)43(40)44(41)46(47)48(38)51/h2-4,6-7,9-18,23,34H,5,8,19H2,1H3. The van der Waals surface area contributed by atoms with Gasteiger partial charge < -0.3 is 4.74 Å². The van der Waals surface area contributed by atoms with E-state index in [1.165, 1.54) is 88.5 Å². The number of rotatable bonds is 5. The van der Waals surface area contributed by atoms with Crippen LogP contribution in [0.5, 0.6) is 0 Å². The lowest BCUT2D eigenvalue weighted by Crippen LogP contribution is -2.27. The van der Waals surface area contributed by atoms with E-state index in [4.69, 9.17) is 4.74 Å². The molecule has 0 bridgehead atoms. The lowest BCUT2D eigenvalue weighted by molar-refractivity contribution is -0.140. The second-order valence-electron chi connectivity index (χ2n) is 18.1. The van der Waals surface area contributed by atoms with Crippen LogP contribution in [-0.2, 0) is 25.8 Å². The molecular weight excluding hydrogens is 657 g/mol. The molecule has 1 saturated carbocycles. The van der Waals surface area contributed by atoms with Crippen LogP contribution in [0.25, 0.3) is 103 Å². The minimum atomic E-state index is -0.261. The third-order valence-electron chi connectivity index (χ3n) is 17.4. The second kappa shape index (κ2) is 6.80. The third-order valence-corrected chi connectivity index (χ3v) is 17.4. The van der Waals surface area contributed by atoms with Gasteiger partial charge in [0.05, 0.1) is 7.11 Å². The minimum Gasteiger partial charge on any atom is -0.469 e. The van der Waals surface area contributed by atoms with Gasteiger partial charge in [0.1, 0.15) is 0 Å². The van der Waals surface area contributed by atoms with Gasteiger partial charge in [0.15, 0.2) is 0 Å². The van der Waals surface area contributed by atoms with E-state index in [1.54, 1.807) is 65.3 Å². The van der Waals surface area contributed by atoms with Crippen LogP contribution in [0.3, 0.4) is 0 Å². The van der Waals surface area contributed by atoms with Crippen molar-refractivity contribution in [1.29, 1.82) is 0 Å². The van der Waals surface area contributed by atoms with Crippen molar-refractivity contribution in [2.75, 3.05) is 7.11 Å². The fourth-order valence-electron chi connectivity index (χ4n) is 16.6. The summed E-state index contributed by atoms with van der Waals surface area (Å²) in [6.07, 6.45) is 12.4. The molecule has 8 aliphatic rings. The van der Waals surface area contributed by atoms with Crippen LogP contribution in [0, 0.1) is 0 Å². The molecule has 54 heavy (non-hydrogen) atoms. The molecule has 2 spiro atoms. The predicted octanol–water partition coefficient (Wildman–Crippen LogP) is 9.92. The van der Waals surface area contributed by atoms with Gasteiger partial charge in [-0.15, -0.1) is 0 Å². The summed E-state index contributed by atoms with van der Waals surface area (Å²) in [5.74, 6) is 0.624. The Labute approximate surface area is 306 Å². The number of allylic oxidation sites excluding steroid dienone is 3. The molecule has 0 aromatic heterocycles. The normalized spacial score (nSPS) is 28.4. The summed E-state index contributed by atoms with van der Waals surface area (Å²) in [6, 6.07) is 26.6. The van der Waals surface area contributed by atoms with Crippen molar-refractivity contribution in [2.24, 2.45) is 0 Å². The molecule has 1 fully saturated rings. The zero-order valence-electron chi connectivity index (χ0n) is 29.3. The summed E-state index contributed by atoms with van der Waals surface area (Å²) < 4.78 is 5.30. The van der Waals surface area contributed by atoms with Crippen molar-refractivity contribution in [3.8, 4) is 0 Å². The predicted molar refractivity (Wildman–Crippen MR) is 217 cm³/mol. The SMILES string of the molecule is COC(=O)CCCC1(c2ccccc2)C23C4=c5ccc6c7c8c9c(c2c57)c2c5c7c(ccc%10c%11ccc%12c%13c(c%14c%12c%11c(c7%10)c2c9%14)C8C6C=C%13)=C(C=C4)C513. The number of esters is 1. The molecule has 2 heteroatoms. The molecule has 5 atom stereocenters. The van der Waals surface area contributed by atoms with Crippen molar-refractivity contribution in [3.05, 3.63) is 134 Å². The van der Waals surface area contributed by atoms with Crippen LogP contribution >= 0.6 is 0 Å². The number of carbonyl (C=O) groups is 1. The highest BCUT2D eigenvalue weighted by Crippen LogP contribution is 2.93. The Hall–Kier alpha value is -5.99. The van der Waals surface area contributed by atoms with Crippen LogP contribution < -0.4 is 10.4 Å². The molecule has 0 heterocycles. The van der Waals surface area contributed by atoms with Gasteiger partial charge in [0, 0.05) is 34.5 Å². The smallest absolute Gasteiger partial charge is 0.305 e. The molecule has 0 N–H and O–H groups in total. The molecule has 10 aromatic rings. The van der Waals surface area contributed by atoms with E-state index >= 15 is 0 Å². The topological polar surface area (TPSA) is 26.3 Å². The Balaban J connectivity index is 1.22. The molecule has 8 aliphatic carbocycles. The second-order valence-corrected chi connectivity index (χ2v) is 18.1. The molecule has 0 radical (unpaired) electrons. The van der Waals surface area contributed by atoms with E-state index in [0.29, 0.717) is 18.3 Å². The fourth-order valence-corrected chi connectivity index (χ4v) is 16.6. The highest BCUT2D eigenvalue weighted by Gasteiger charge is 2.93. The van der Waals surface area contributed by atoms with Gasteiger partial charge in [-0.2, -0.15) is 0 Å². The van der Waals surface area contributed by atoms with Crippen LogP contribution in [0.4, 0.5) is 0 Å². The number of fused-ring (bicyclic) bond motifs is 3. The van der Waals surface area contributed by atoms with Crippen molar-refractivity contribution < 1.29 is 9.53 Å². The van der Waals surface area contributed by atoms with Gasteiger partial charge in [-0.05, 0) is 160 Å². The molecule has 0 aliphatic heterocycles. The molecule has 2 nitrogen and oxygen atoms in total. The average molecular weight is 683 g/mol. The zero-order valence-corrected chi connectivity index (χ0v) is 29.3. The monoisotopic (exact) mass is 682 g/mol. The van der Waals surface area contributed by atoms with Crippen molar-refractivity contribution in [3.63, 3.8) is 0 Å². The first-order valence-electron chi connectivity index (χ1n) is 20.0. The van der Waals surface area contributed by atoms with E-state index in [-0.39, 0.29) is 22.2 Å². The summed E-state index contributed by atoms with van der Waals surface area (Å²) in [4.78, 5) is 12.9. The molecule has 5 unspecified atom stereocenters. The van der Waals surface area contributed by atoms with E-state index in [2.05, 4.69) is 91.0 Å². The maximum Gasteiger partial charge on any atom is 0.305 e. The van der Waals surface area contributed by atoms with E-state index in [0.717, 1.165) is 12.8 Å². The van der Waals surface area contributed by atoms with E-state index in [9.17, 15) is 4.79 Å². The van der Waals surface area contributed by atoms with Gasteiger partial charge in [-0.1, -0.05) is 91.0 Å². The van der Waals surface area contributed by atoms with Crippen molar-refractivity contribution in [2.45, 2.75) is 47.3 Å². The van der Waals surface area contributed by atoms with Gasteiger partial charge in [-0.25, -0.2) is 0 Å². The number of methoxy groups -OCH3 is 1. The van der Waals surface area contributed by atoms with E-state index in [1.807, 2.05) is 0 Å². The third kappa shape index (κ3) is 1.75. The molecule has 10 aromatic carbocycles. The Morgan fingerprint density at radius 2 is 1.24 bits per heavy atom. The van der Waals surface area contributed by atoms with Crippen molar-refractivity contribution >= 4 is 109 Å². The van der Waals surface area contributed by atoms with Gasteiger partial charge in [0.2, 0.25) is 0 Å². The average Bonchev–Trinajstić information content (AvgIpc) is 3.86. The van der Waals surface area contributed by atoms with Crippen LogP contribution in [-0.4, -0.2) is 13.1 Å². The maximum atomic E-state index is 12.9. The summed E-state index contributed by atoms with van der Waals surface area (Å²) in [7, 11) is 1.54. The lowest BCUT2D eigenvalue weighted by atomic mass is 9.68. The molecule has 0 saturated heterocycles. The van der Waals surface area contributed by atoms with Crippen molar-refractivity contribution in [1.82, 2.24) is 0 Å². The first-order chi connectivity index (χ1) is 26.7. The first-order valence-corrected chi connectivity index (χ1v) is 20.0. The number of ether oxygens (including phenoxy) is 1. The number of benzene rings is 7. The summed E-state index contributed by atoms with van der Waals surface area (Å²) in [5.41, 5.74) is 13.2. The Bertz CT molecular complexity index is 3930. The van der Waals surface area contributed by atoms with Crippen LogP contribution in [0.2, 0.25) is 0 Å². The van der Waals surface area contributed by atoms with Crippen LogP contribution in [0.15, 0.2) is 85.0 Å². The first kappa shape index (κ1) is 25.1. The number of carbonyl (C=O) groups excluding carboxylic acids is 1. The summed E-state index contributed by atoms with van der Waals surface area (Å²) in [6.45, 7) is 0. The molecular formula is C52H26O2. The molecule has 18 rings (SSSR count). The zero-order chi connectivity index (χ0) is 34.3. The number of hydrogen-bond acceptors (Lipinski definition) is 2. The summed E-state index contributed by atoms with van der Waals surface area (Å²) in [5, 5.41) is 27.5. The van der Waals surface area contributed by atoms with Gasteiger partial charge in [0.25, 0.3) is 0 Å². The highest BCUT2D eigenvalue weighted by molar-refractivity contribution is 6.57. The van der Waals surface area contributed by atoms with E-state index < -0.39 is 0 Å². The lowest BCUT2D eigenvalue weighted by Gasteiger charge is -2.33. The Morgan fingerprint density at radius 1 is 0.611 bits per heavy atom. The van der Waals surface area contributed by atoms with Crippen LogP contribution in [0.1, 0.15) is 70.0 Å². The van der Waals surface area contributed by atoms with Gasteiger partial charge >= 0.3 is 5.97 Å². The highest BCUT2D eigenvalue weighted by atomic mass is 16.5. The minimum absolute atomic E-state index is 0.108. The fraction of sp³-hybridized carbons (Fsp3) is 0.173. The quantitative estimate of drug-likeness (QED) is 0.134. The largest absolute Gasteiger partial charge is 0.469 e. The molecule has 246 valence electrons. The van der Waals surface area contributed by atoms with Gasteiger partial charge in [-0.3, -0.25) is 4.79 Å². The Kier molecular flexibility index (Phi) is 3.16. The molecule has 0 amide bonds. The summed E-state index contributed by atoms with van der Waals surface area (Å²) >= 11 is 0.